The zero-order valence-electron chi connectivity index (χ0n) is 20.2. The number of benzene rings is 2. The van der Waals surface area contributed by atoms with Crippen LogP contribution in [0.15, 0.2) is 36.4 Å². The van der Waals surface area contributed by atoms with Gasteiger partial charge >= 0.3 is 5.69 Å². The second-order valence-electron chi connectivity index (χ2n) is 8.56. The summed E-state index contributed by atoms with van der Waals surface area (Å²) in [5.74, 6) is -0.398. The Morgan fingerprint density at radius 2 is 1.89 bits per heavy atom. The number of carbonyl (C=O) groups is 2. The minimum Gasteiger partial charge on any atom is -0.490 e. The van der Waals surface area contributed by atoms with Gasteiger partial charge < -0.3 is 19.7 Å². The van der Waals surface area contributed by atoms with Crippen molar-refractivity contribution in [2.75, 3.05) is 13.7 Å². The molecule has 0 bridgehead atoms. The average molecular weight is 538 g/mol. The monoisotopic (exact) mass is 537 g/mol. The third-order valence-corrected chi connectivity index (χ3v) is 6.87. The van der Waals surface area contributed by atoms with Gasteiger partial charge in [-0.05, 0) is 43.0 Å². The maximum atomic E-state index is 13.4. The van der Waals surface area contributed by atoms with Crippen LogP contribution >= 0.6 is 23.2 Å². The Labute approximate surface area is 219 Å². The minimum atomic E-state index is -0.720. The van der Waals surface area contributed by atoms with E-state index < -0.39 is 16.9 Å². The largest absolute Gasteiger partial charge is 0.490 e. The molecule has 1 fully saturated rings. The van der Waals surface area contributed by atoms with Gasteiger partial charge in [0.1, 0.15) is 11.8 Å². The number of methoxy groups -OCH3 is 1. The summed E-state index contributed by atoms with van der Waals surface area (Å²) in [6, 6.07) is 8.42. The molecule has 36 heavy (non-hydrogen) atoms. The first-order valence-corrected chi connectivity index (χ1v) is 12.5. The van der Waals surface area contributed by atoms with Crippen molar-refractivity contribution in [3.05, 3.63) is 62.1 Å². The van der Waals surface area contributed by atoms with Crippen molar-refractivity contribution in [1.82, 2.24) is 10.2 Å². The predicted octanol–water partition coefficient (Wildman–Crippen LogP) is 5.16. The molecule has 0 heterocycles. The third-order valence-electron chi connectivity index (χ3n) is 6.13. The maximum absolute atomic E-state index is 13.4. The number of rotatable bonds is 11. The Kier molecular flexibility index (Phi) is 9.78. The second-order valence-corrected chi connectivity index (χ2v) is 9.38. The fourth-order valence-electron chi connectivity index (χ4n) is 4.25. The Morgan fingerprint density at radius 3 is 2.50 bits per heavy atom. The van der Waals surface area contributed by atoms with Crippen molar-refractivity contribution in [1.29, 1.82) is 0 Å². The fourth-order valence-corrected chi connectivity index (χ4v) is 4.57. The number of amides is 2. The summed E-state index contributed by atoms with van der Waals surface area (Å²) < 4.78 is 10.7. The summed E-state index contributed by atoms with van der Waals surface area (Å²) in [6.07, 6.45) is 4.39. The highest BCUT2D eigenvalue weighted by atomic mass is 35.5. The van der Waals surface area contributed by atoms with Gasteiger partial charge in [-0.25, -0.2) is 0 Å². The van der Waals surface area contributed by atoms with Crippen LogP contribution in [-0.2, 0) is 16.1 Å². The first-order chi connectivity index (χ1) is 17.2. The van der Waals surface area contributed by atoms with E-state index in [0.29, 0.717) is 22.0 Å². The lowest BCUT2D eigenvalue weighted by molar-refractivity contribution is -0.385. The topological polar surface area (TPSA) is 111 Å². The van der Waals surface area contributed by atoms with Gasteiger partial charge in [-0.2, -0.15) is 0 Å². The van der Waals surface area contributed by atoms with E-state index in [0.717, 1.165) is 25.7 Å². The molecule has 1 aliphatic carbocycles. The van der Waals surface area contributed by atoms with Crippen molar-refractivity contribution in [3.8, 4) is 11.5 Å². The van der Waals surface area contributed by atoms with Crippen LogP contribution in [0.1, 0.15) is 44.6 Å². The Balaban J connectivity index is 1.80. The van der Waals surface area contributed by atoms with Crippen LogP contribution < -0.4 is 14.8 Å². The molecular formula is C25H29Cl2N3O6. The average Bonchev–Trinajstić information content (AvgIpc) is 3.37. The quantitative estimate of drug-likeness (QED) is 0.313. The molecule has 9 nitrogen and oxygen atoms in total. The summed E-state index contributed by atoms with van der Waals surface area (Å²) in [5.41, 5.74) is 0.494. The zero-order valence-corrected chi connectivity index (χ0v) is 21.7. The number of halogens is 2. The molecule has 1 N–H and O–H groups in total. The molecule has 0 spiro atoms. The Hall–Kier alpha value is -3.04. The lowest BCUT2D eigenvalue weighted by Gasteiger charge is -2.31. The third kappa shape index (κ3) is 7.01. The molecule has 11 heteroatoms. The van der Waals surface area contributed by atoms with E-state index in [4.69, 9.17) is 32.7 Å². The van der Waals surface area contributed by atoms with Gasteiger partial charge in [-0.15, -0.1) is 0 Å². The number of nitrogens with zero attached hydrogens (tertiary/aromatic N) is 2. The van der Waals surface area contributed by atoms with E-state index in [9.17, 15) is 19.7 Å². The molecule has 3 rings (SSSR count). The molecule has 0 saturated heterocycles. The summed E-state index contributed by atoms with van der Waals surface area (Å²) in [6.45, 7) is 1.59. The van der Waals surface area contributed by atoms with E-state index in [-0.39, 0.29) is 42.3 Å². The first kappa shape index (κ1) is 27.5. The minimum absolute atomic E-state index is 0.0139. The predicted molar refractivity (Wildman–Crippen MR) is 137 cm³/mol. The Morgan fingerprint density at radius 1 is 1.17 bits per heavy atom. The number of hydrogen-bond donors (Lipinski definition) is 1. The molecular weight excluding hydrogens is 509 g/mol. The number of nitro groups is 1. The van der Waals surface area contributed by atoms with Crippen molar-refractivity contribution in [3.63, 3.8) is 0 Å². The fraction of sp³-hybridized carbons (Fsp3) is 0.440. The van der Waals surface area contributed by atoms with Gasteiger partial charge in [0.25, 0.3) is 5.91 Å². The highest BCUT2D eigenvalue weighted by Crippen LogP contribution is 2.31. The Bertz CT molecular complexity index is 1110. The van der Waals surface area contributed by atoms with Gasteiger partial charge in [0.2, 0.25) is 11.7 Å². The van der Waals surface area contributed by atoms with E-state index in [2.05, 4.69) is 5.32 Å². The van der Waals surface area contributed by atoms with Crippen LogP contribution in [0.5, 0.6) is 11.5 Å². The van der Waals surface area contributed by atoms with Gasteiger partial charge in [-0.3, -0.25) is 19.7 Å². The van der Waals surface area contributed by atoms with Crippen LogP contribution in [-0.4, -0.2) is 47.4 Å². The van der Waals surface area contributed by atoms with Crippen LogP contribution in [0.2, 0.25) is 10.0 Å². The maximum Gasteiger partial charge on any atom is 0.311 e. The normalized spacial score (nSPS) is 14.2. The lowest BCUT2D eigenvalue weighted by atomic mass is 10.1. The molecule has 1 atom stereocenters. The van der Waals surface area contributed by atoms with Gasteiger partial charge in [0, 0.05) is 24.7 Å². The van der Waals surface area contributed by atoms with Gasteiger partial charge in [0.05, 0.1) is 22.1 Å². The summed E-state index contributed by atoms with van der Waals surface area (Å²) in [4.78, 5) is 38.6. The number of carbonyl (C=O) groups excluding carboxylic acids is 2. The van der Waals surface area contributed by atoms with Crippen molar-refractivity contribution in [2.45, 2.75) is 57.7 Å². The highest BCUT2D eigenvalue weighted by molar-refractivity contribution is 6.42. The molecule has 1 saturated carbocycles. The highest BCUT2D eigenvalue weighted by Gasteiger charge is 2.31. The van der Waals surface area contributed by atoms with Crippen LogP contribution in [0.4, 0.5) is 5.69 Å². The summed E-state index contributed by atoms with van der Waals surface area (Å²) in [7, 11) is 1.31. The van der Waals surface area contributed by atoms with Crippen LogP contribution in [0.3, 0.4) is 0 Å². The van der Waals surface area contributed by atoms with E-state index in [1.165, 1.54) is 30.2 Å². The van der Waals surface area contributed by atoms with E-state index >= 15 is 0 Å². The number of hydrogen-bond acceptors (Lipinski definition) is 6. The smallest absolute Gasteiger partial charge is 0.311 e. The van der Waals surface area contributed by atoms with E-state index in [1.807, 2.05) is 6.92 Å². The zero-order chi connectivity index (χ0) is 26.2. The summed E-state index contributed by atoms with van der Waals surface area (Å²) >= 11 is 12.2. The molecule has 2 aromatic rings. The molecule has 0 aliphatic heterocycles. The van der Waals surface area contributed by atoms with Crippen molar-refractivity contribution < 1.29 is 24.0 Å². The standard InChI is InChI=1S/C25H29Cl2N3O6/c1-3-21(25(32)28-17-6-4-5-7-17)29(14-16-8-10-19(26)20(27)12-16)24(31)15-36-18-9-11-22(30(33)34)23(13-18)35-2/h8-13,17,21H,3-7,14-15H2,1-2H3,(H,28,32)/t21-/m0/s1. The molecule has 1 aliphatic rings. The molecule has 2 amide bonds. The number of nitro benzene ring substituents is 1. The molecule has 0 radical (unpaired) electrons. The van der Waals surface area contributed by atoms with Crippen LogP contribution in [0.25, 0.3) is 0 Å². The summed E-state index contributed by atoms with van der Waals surface area (Å²) in [5, 5.41) is 14.9. The second kappa shape index (κ2) is 12.8. The SMILES string of the molecule is CC[C@@H](C(=O)NC1CCCC1)N(Cc1ccc(Cl)c(Cl)c1)C(=O)COc1ccc([N+](=O)[O-])c(OC)c1. The molecule has 2 aromatic carbocycles. The van der Waals surface area contributed by atoms with Crippen molar-refractivity contribution in [2.24, 2.45) is 0 Å². The van der Waals surface area contributed by atoms with Crippen LogP contribution in [0, 0.1) is 10.1 Å². The van der Waals surface area contributed by atoms with Gasteiger partial charge in [-0.1, -0.05) is 49.0 Å². The molecule has 194 valence electrons. The van der Waals surface area contributed by atoms with Gasteiger partial charge in [0.15, 0.2) is 6.61 Å². The first-order valence-electron chi connectivity index (χ1n) is 11.7. The number of nitrogens with one attached hydrogen (secondary N) is 1. The molecule has 0 unspecified atom stereocenters. The van der Waals surface area contributed by atoms with Crippen molar-refractivity contribution >= 4 is 40.7 Å². The van der Waals surface area contributed by atoms with E-state index in [1.54, 1.807) is 18.2 Å². The molecule has 0 aromatic heterocycles. The lowest BCUT2D eigenvalue weighted by Crippen LogP contribution is -2.52. The number of ether oxygens (including phenoxy) is 2.